The van der Waals surface area contributed by atoms with Crippen LogP contribution in [0.25, 0.3) is 0 Å². The van der Waals surface area contributed by atoms with Crippen LogP contribution in [-0.4, -0.2) is 27.3 Å². The molecule has 0 aliphatic rings. The molecule has 1 N–H and O–H groups in total. The quantitative estimate of drug-likeness (QED) is 0.840. The minimum absolute atomic E-state index is 0.124. The number of amides is 1. The molecule has 0 aliphatic carbocycles. The molecule has 0 aliphatic heterocycles. The summed E-state index contributed by atoms with van der Waals surface area (Å²) >= 11 is 15.6. The van der Waals surface area contributed by atoms with E-state index in [0.717, 1.165) is 4.31 Å². The molecular formula is C11H11Cl2NO3S. The number of carbonyl (C=O) groups is 2. The smallest absolute Gasteiger partial charge is 0.327 e. The zero-order valence-corrected chi connectivity index (χ0v) is 11.8. The third-order valence-electron chi connectivity index (χ3n) is 2.33. The molecule has 0 radical (unpaired) electrons. The highest BCUT2D eigenvalue weighted by Gasteiger charge is 2.27. The van der Waals surface area contributed by atoms with E-state index in [0.29, 0.717) is 5.02 Å². The number of thiol groups is 1. The van der Waals surface area contributed by atoms with Crippen molar-refractivity contribution in [3.05, 3.63) is 33.8 Å². The van der Waals surface area contributed by atoms with Gasteiger partial charge in [-0.25, -0.2) is 4.79 Å². The van der Waals surface area contributed by atoms with Gasteiger partial charge < -0.3 is 5.11 Å². The maximum absolute atomic E-state index is 12.1. The Labute approximate surface area is 120 Å². The normalized spacial score (nSPS) is 12.0. The lowest BCUT2D eigenvalue weighted by Gasteiger charge is -2.22. The Hall–Kier alpha value is -0.910. The molecule has 0 saturated heterocycles. The standard InChI is InChI=1S/C11H11Cl2NO3S/c1-2-9(11(16)17)14(18)10(15)7-5-6(12)3-4-8(7)13/h3-5,9,18H,2H2,1H3,(H,16,17). The van der Waals surface area contributed by atoms with Gasteiger partial charge in [-0.2, -0.15) is 0 Å². The van der Waals surface area contributed by atoms with Gasteiger partial charge in [-0.05, 0) is 24.6 Å². The van der Waals surface area contributed by atoms with Crippen LogP contribution in [0.2, 0.25) is 10.0 Å². The molecule has 1 aromatic rings. The summed E-state index contributed by atoms with van der Waals surface area (Å²) in [5.74, 6) is -1.72. The van der Waals surface area contributed by atoms with Gasteiger partial charge in [0.05, 0.1) is 10.6 Å². The SMILES string of the molecule is CCC(C(=O)O)N(S)C(=O)c1cc(Cl)ccc1Cl. The van der Waals surface area contributed by atoms with Crippen molar-refractivity contribution >= 4 is 47.9 Å². The number of nitrogens with zero attached hydrogens (tertiary/aromatic N) is 1. The first-order valence-corrected chi connectivity index (χ1v) is 6.24. The van der Waals surface area contributed by atoms with Gasteiger partial charge in [0.1, 0.15) is 6.04 Å². The van der Waals surface area contributed by atoms with Crippen LogP contribution >= 0.6 is 36.0 Å². The van der Waals surface area contributed by atoms with E-state index >= 15 is 0 Å². The van der Waals surface area contributed by atoms with Gasteiger partial charge in [-0.3, -0.25) is 9.10 Å². The topological polar surface area (TPSA) is 57.6 Å². The molecule has 0 aromatic heterocycles. The van der Waals surface area contributed by atoms with Gasteiger partial charge in [0.15, 0.2) is 0 Å². The number of rotatable bonds is 4. The molecule has 18 heavy (non-hydrogen) atoms. The third-order valence-corrected chi connectivity index (χ3v) is 3.36. The first kappa shape index (κ1) is 15.1. The molecular weight excluding hydrogens is 297 g/mol. The summed E-state index contributed by atoms with van der Waals surface area (Å²) < 4.78 is 0.847. The highest BCUT2D eigenvalue weighted by atomic mass is 35.5. The third kappa shape index (κ3) is 3.31. The van der Waals surface area contributed by atoms with Crippen LogP contribution in [0.1, 0.15) is 23.7 Å². The minimum atomic E-state index is -1.13. The van der Waals surface area contributed by atoms with E-state index in [9.17, 15) is 9.59 Å². The maximum Gasteiger partial charge on any atom is 0.327 e. The molecule has 7 heteroatoms. The number of benzene rings is 1. The largest absolute Gasteiger partial charge is 0.480 e. The average molecular weight is 308 g/mol. The molecule has 0 spiro atoms. The van der Waals surface area contributed by atoms with E-state index < -0.39 is 17.9 Å². The summed E-state index contributed by atoms with van der Waals surface area (Å²) in [5.41, 5.74) is 0.124. The fraction of sp³-hybridized carbons (Fsp3) is 0.273. The number of hydrogen-bond acceptors (Lipinski definition) is 3. The van der Waals surface area contributed by atoms with Crippen molar-refractivity contribution in [2.75, 3.05) is 0 Å². The van der Waals surface area contributed by atoms with Crippen molar-refractivity contribution in [1.29, 1.82) is 0 Å². The monoisotopic (exact) mass is 307 g/mol. The van der Waals surface area contributed by atoms with Crippen LogP contribution in [0.5, 0.6) is 0 Å². The van der Waals surface area contributed by atoms with Crippen molar-refractivity contribution in [3.8, 4) is 0 Å². The Morgan fingerprint density at radius 1 is 1.44 bits per heavy atom. The van der Waals surface area contributed by atoms with Gasteiger partial charge in [0.2, 0.25) is 0 Å². The molecule has 1 amide bonds. The number of hydrogen-bond donors (Lipinski definition) is 2. The molecule has 0 bridgehead atoms. The Balaban J connectivity index is 3.06. The molecule has 1 rings (SSSR count). The van der Waals surface area contributed by atoms with Crippen LogP contribution in [0.4, 0.5) is 0 Å². The Morgan fingerprint density at radius 2 is 2.06 bits per heavy atom. The van der Waals surface area contributed by atoms with Crippen LogP contribution in [0, 0.1) is 0 Å². The van der Waals surface area contributed by atoms with Gasteiger partial charge >= 0.3 is 5.97 Å². The average Bonchev–Trinajstić information content (AvgIpc) is 2.31. The maximum atomic E-state index is 12.1. The van der Waals surface area contributed by atoms with Gasteiger partial charge in [-0.15, -0.1) is 0 Å². The van der Waals surface area contributed by atoms with E-state index in [1.807, 2.05) is 0 Å². The molecule has 0 heterocycles. The highest BCUT2D eigenvalue weighted by Crippen LogP contribution is 2.24. The lowest BCUT2D eigenvalue weighted by molar-refractivity contribution is -0.140. The minimum Gasteiger partial charge on any atom is -0.480 e. The van der Waals surface area contributed by atoms with Gasteiger partial charge in [0, 0.05) is 5.02 Å². The van der Waals surface area contributed by atoms with Crippen LogP contribution < -0.4 is 0 Å². The van der Waals surface area contributed by atoms with Crippen molar-refractivity contribution in [1.82, 2.24) is 4.31 Å². The van der Waals surface area contributed by atoms with Crippen LogP contribution in [0.3, 0.4) is 0 Å². The summed E-state index contributed by atoms with van der Waals surface area (Å²) in [7, 11) is 0. The van der Waals surface area contributed by atoms with Crippen molar-refractivity contribution < 1.29 is 14.7 Å². The Bertz CT molecular complexity index is 481. The second-order valence-corrected chi connectivity index (χ2v) is 4.81. The Kier molecular flexibility index (Phi) is 5.31. The number of carboxylic acid groups (broad SMARTS) is 1. The lowest BCUT2D eigenvalue weighted by atomic mass is 10.1. The fourth-order valence-corrected chi connectivity index (χ4v) is 2.12. The highest BCUT2D eigenvalue weighted by molar-refractivity contribution is 7.78. The van der Waals surface area contributed by atoms with Crippen molar-refractivity contribution in [3.63, 3.8) is 0 Å². The second kappa shape index (κ2) is 6.31. The second-order valence-electron chi connectivity index (χ2n) is 3.54. The number of carbonyl (C=O) groups excluding carboxylic acids is 1. The predicted molar refractivity (Wildman–Crippen MR) is 73.3 cm³/mol. The van der Waals surface area contributed by atoms with Crippen molar-refractivity contribution in [2.45, 2.75) is 19.4 Å². The first-order chi connectivity index (χ1) is 8.38. The van der Waals surface area contributed by atoms with Crippen LogP contribution in [0.15, 0.2) is 18.2 Å². The summed E-state index contributed by atoms with van der Waals surface area (Å²) in [6.45, 7) is 1.65. The van der Waals surface area contributed by atoms with E-state index in [2.05, 4.69) is 12.8 Å². The summed E-state index contributed by atoms with van der Waals surface area (Å²) in [5, 5.41) is 9.50. The lowest BCUT2D eigenvalue weighted by Crippen LogP contribution is -2.38. The number of aliphatic carboxylic acids is 1. The molecule has 0 saturated carbocycles. The van der Waals surface area contributed by atoms with Crippen LogP contribution in [-0.2, 0) is 4.79 Å². The molecule has 4 nitrogen and oxygen atoms in total. The molecule has 1 unspecified atom stereocenters. The number of halogens is 2. The summed E-state index contributed by atoms with van der Waals surface area (Å²) in [6.07, 6.45) is 0.239. The zero-order valence-electron chi connectivity index (χ0n) is 9.43. The Morgan fingerprint density at radius 3 is 2.56 bits per heavy atom. The van der Waals surface area contributed by atoms with E-state index in [1.54, 1.807) is 6.92 Å². The van der Waals surface area contributed by atoms with E-state index in [4.69, 9.17) is 28.3 Å². The molecule has 1 atom stereocenters. The fourth-order valence-electron chi connectivity index (χ4n) is 1.38. The molecule has 1 aromatic carbocycles. The zero-order chi connectivity index (χ0) is 13.9. The van der Waals surface area contributed by atoms with Gasteiger partial charge in [-0.1, -0.05) is 42.9 Å². The summed E-state index contributed by atoms with van der Waals surface area (Å²) in [4.78, 5) is 23.0. The number of carboxylic acids is 1. The molecule has 0 fully saturated rings. The molecule has 98 valence electrons. The van der Waals surface area contributed by atoms with E-state index in [1.165, 1.54) is 18.2 Å². The predicted octanol–water partition coefficient (Wildman–Crippen LogP) is 3.14. The van der Waals surface area contributed by atoms with E-state index in [-0.39, 0.29) is 17.0 Å². The van der Waals surface area contributed by atoms with Gasteiger partial charge in [0.25, 0.3) is 5.91 Å². The van der Waals surface area contributed by atoms with Crippen molar-refractivity contribution in [2.24, 2.45) is 0 Å². The summed E-state index contributed by atoms with van der Waals surface area (Å²) in [6, 6.07) is 3.37. The first-order valence-electron chi connectivity index (χ1n) is 5.08.